The summed E-state index contributed by atoms with van der Waals surface area (Å²) in [6, 6.07) is 7.59. The lowest BCUT2D eigenvalue weighted by Gasteiger charge is -2.15. The van der Waals surface area contributed by atoms with Gasteiger partial charge in [-0.25, -0.2) is 4.68 Å². The molecule has 2 aromatic rings. The molecule has 1 N–H and O–H groups in total. The van der Waals surface area contributed by atoms with Gasteiger partial charge in [0.15, 0.2) is 0 Å². The molecule has 6 heteroatoms. The zero-order valence-corrected chi connectivity index (χ0v) is 9.63. The fourth-order valence-corrected chi connectivity index (χ4v) is 1.62. The molecule has 0 aliphatic carbocycles. The van der Waals surface area contributed by atoms with Crippen molar-refractivity contribution in [3.8, 4) is 0 Å². The SMILES string of the molecule is OCCc1cn(CC(F)(F)c2ccccc2)nn1. The Morgan fingerprint density at radius 1 is 1.22 bits per heavy atom. The quantitative estimate of drug-likeness (QED) is 0.880. The monoisotopic (exact) mass is 253 g/mol. The summed E-state index contributed by atoms with van der Waals surface area (Å²) in [6.07, 6.45) is 1.74. The molecule has 1 aromatic heterocycles. The van der Waals surface area contributed by atoms with E-state index < -0.39 is 12.5 Å². The van der Waals surface area contributed by atoms with Gasteiger partial charge < -0.3 is 5.11 Å². The number of aliphatic hydroxyl groups is 1. The molecular formula is C12H13F2N3O. The van der Waals surface area contributed by atoms with Crippen molar-refractivity contribution in [3.63, 3.8) is 0 Å². The number of alkyl halides is 2. The second-order valence-corrected chi connectivity index (χ2v) is 3.95. The van der Waals surface area contributed by atoms with Crippen molar-refractivity contribution in [2.75, 3.05) is 6.61 Å². The van der Waals surface area contributed by atoms with Gasteiger partial charge in [0.1, 0.15) is 6.54 Å². The molecule has 0 atom stereocenters. The van der Waals surface area contributed by atoms with Gasteiger partial charge >= 0.3 is 0 Å². The first-order chi connectivity index (χ1) is 8.62. The highest BCUT2D eigenvalue weighted by Gasteiger charge is 2.32. The predicted molar refractivity (Wildman–Crippen MR) is 61.1 cm³/mol. The second kappa shape index (κ2) is 5.22. The largest absolute Gasteiger partial charge is 0.396 e. The number of aliphatic hydroxyl groups excluding tert-OH is 1. The Kier molecular flexibility index (Phi) is 3.66. The maximum atomic E-state index is 13.9. The Morgan fingerprint density at radius 2 is 1.94 bits per heavy atom. The topological polar surface area (TPSA) is 50.9 Å². The molecule has 0 unspecified atom stereocenters. The maximum absolute atomic E-state index is 13.9. The number of nitrogens with zero attached hydrogens (tertiary/aromatic N) is 3. The van der Waals surface area contributed by atoms with Crippen molar-refractivity contribution >= 4 is 0 Å². The predicted octanol–water partition coefficient (Wildman–Crippen LogP) is 1.60. The number of hydrogen-bond donors (Lipinski definition) is 1. The minimum Gasteiger partial charge on any atom is -0.396 e. The van der Waals surface area contributed by atoms with Crippen molar-refractivity contribution in [3.05, 3.63) is 47.8 Å². The van der Waals surface area contributed by atoms with Crippen molar-refractivity contribution < 1.29 is 13.9 Å². The molecule has 0 bridgehead atoms. The van der Waals surface area contributed by atoms with Crippen LogP contribution in [0.1, 0.15) is 11.3 Å². The lowest BCUT2D eigenvalue weighted by Crippen LogP contribution is -2.21. The number of aromatic nitrogens is 3. The van der Waals surface area contributed by atoms with E-state index in [1.807, 2.05) is 0 Å². The summed E-state index contributed by atoms with van der Waals surface area (Å²) in [5.41, 5.74) is 0.450. The zero-order chi connectivity index (χ0) is 13.0. The third-order valence-electron chi connectivity index (χ3n) is 2.51. The van der Waals surface area contributed by atoms with E-state index in [1.165, 1.54) is 18.3 Å². The van der Waals surface area contributed by atoms with Crippen molar-refractivity contribution in [2.45, 2.75) is 18.9 Å². The van der Waals surface area contributed by atoms with E-state index in [0.717, 1.165) is 4.68 Å². The average molecular weight is 253 g/mol. The number of benzene rings is 1. The van der Waals surface area contributed by atoms with Gasteiger partial charge in [0, 0.05) is 24.8 Å². The molecule has 96 valence electrons. The third kappa shape index (κ3) is 2.89. The summed E-state index contributed by atoms with van der Waals surface area (Å²) in [4.78, 5) is 0. The van der Waals surface area contributed by atoms with Crippen molar-refractivity contribution in [1.82, 2.24) is 15.0 Å². The summed E-state index contributed by atoms with van der Waals surface area (Å²) in [7, 11) is 0. The Bertz CT molecular complexity index is 499. The molecule has 0 amide bonds. The van der Waals surface area contributed by atoms with Crippen LogP contribution in [0.2, 0.25) is 0 Å². The van der Waals surface area contributed by atoms with E-state index >= 15 is 0 Å². The lowest BCUT2D eigenvalue weighted by molar-refractivity contribution is -0.0258. The molecule has 0 saturated carbocycles. The molecular weight excluding hydrogens is 240 g/mol. The molecule has 1 heterocycles. The lowest BCUT2D eigenvalue weighted by atomic mass is 10.1. The average Bonchev–Trinajstić information content (AvgIpc) is 2.77. The van der Waals surface area contributed by atoms with Crippen LogP contribution in [-0.4, -0.2) is 26.7 Å². The van der Waals surface area contributed by atoms with Gasteiger partial charge in [-0.1, -0.05) is 35.5 Å². The Morgan fingerprint density at radius 3 is 2.61 bits per heavy atom. The van der Waals surface area contributed by atoms with Crippen LogP contribution in [0.15, 0.2) is 36.5 Å². The van der Waals surface area contributed by atoms with Gasteiger partial charge in [-0.3, -0.25) is 0 Å². The molecule has 4 nitrogen and oxygen atoms in total. The van der Waals surface area contributed by atoms with Gasteiger partial charge in [0.05, 0.1) is 5.69 Å². The second-order valence-electron chi connectivity index (χ2n) is 3.95. The normalized spacial score (nSPS) is 11.7. The fourth-order valence-electron chi connectivity index (χ4n) is 1.62. The van der Waals surface area contributed by atoms with Crippen molar-refractivity contribution in [1.29, 1.82) is 0 Å². The molecule has 0 radical (unpaired) electrons. The highest BCUT2D eigenvalue weighted by molar-refractivity contribution is 5.19. The minimum atomic E-state index is -2.99. The smallest absolute Gasteiger partial charge is 0.292 e. The molecule has 0 aliphatic heterocycles. The highest BCUT2D eigenvalue weighted by Crippen LogP contribution is 2.29. The summed E-state index contributed by atoms with van der Waals surface area (Å²) in [6.45, 7) is -0.636. The zero-order valence-electron chi connectivity index (χ0n) is 9.63. The first kappa shape index (κ1) is 12.6. The molecule has 0 spiro atoms. The Balaban J connectivity index is 2.12. The summed E-state index contributed by atoms with van der Waals surface area (Å²) in [5.74, 6) is -2.99. The van der Waals surface area contributed by atoms with E-state index in [-0.39, 0.29) is 12.2 Å². The summed E-state index contributed by atoms with van der Waals surface area (Å²) in [5, 5.41) is 16.0. The molecule has 0 fully saturated rings. The number of halogens is 2. The van der Waals surface area contributed by atoms with E-state index in [4.69, 9.17) is 5.11 Å². The molecule has 18 heavy (non-hydrogen) atoms. The van der Waals surface area contributed by atoms with E-state index in [1.54, 1.807) is 18.2 Å². The van der Waals surface area contributed by atoms with Crippen LogP contribution in [0.3, 0.4) is 0 Å². The van der Waals surface area contributed by atoms with Crippen LogP contribution in [-0.2, 0) is 18.9 Å². The van der Waals surface area contributed by atoms with Crippen LogP contribution in [0, 0.1) is 0 Å². The molecule has 0 saturated heterocycles. The first-order valence-corrected chi connectivity index (χ1v) is 5.55. The fraction of sp³-hybridized carbons (Fsp3) is 0.333. The van der Waals surface area contributed by atoms with Crippen molar-refractivity contribution in [2.24, 2.45) is 0 Å². The van der Waals surface area contributed by atoms with Crippen LogP contribution >= 0.6 is 0 Å². The van der Waals surface area contributed by atoms with E-state index in [2.05, 4.69) is 10.3 Å². The van der Waals surface area contributed by atoms with E-state index in [9.17, 15) is 8.78 Å². The van der Waals surface area contributed by atoms with Gasteiger partial charge in [0.2, 0.25) is 0 Å². The maximum Gasteiger partial charge on any atom is 0.292 e. The van der Waals surface area contributed by atoms with E-state index in [0.29, 0.717) is 12.1 Å². The summed E-state index contributed by atoms with van der Waals surface area (Å²) < 4.78 is 28.9. The van der Waals surface area contributed by atoms with Gasteiger partial charge in [0.25, 0.3) is 5.92 Å². The Labute approximate surface area is 103 Å². The Hall–Kier alpha value is -1.82. The van der Waals surface area contributed by atoms with Gasteiger partial charge in [-0.2, -0.15) is 8.78 Å². The number of rotatable bonds is 5. The third-order valence-corrected chi connectivity index (χ3v) is 2.51. The van der Waals surface area contributed by atoms with Gasteiger partial charge in [-0.05, 0) is 0 Å². The number of hydrogen-bond acceptors (Lipinski definition) is 3. The van der Waals surface area contributed by atoms with Gasteiger partial charge in [-0.15, -0.1) is 5.10 Å². The minimum absolute atomic E-state index is 0.0517. The molecule has 2 rings (SSSR count). The van der Waals surface area contributed by atoms with Crippen LogP contribution in [0.5, 0.6) is 0 Å². The van der Waals surface area contributed by atoms with Crippen LogP contribution in [0.25, 0.3) is 0 Å². The standard InChI is InChI=1S/C12H13F2N3O/c13-12(14,10-4-2-1-3-5-10)9-17-8-11(6-7-18)15-16-17/h1-5,8,18H,6-7,9H2. The molecule has 0 aliphatic rings. The summed E-state index contributed by atoms with van der Waals surface area (Å²) >= 11 is 0. The van der Waals surface area contributed by atoms with Crippen LogP contribution < -0.4 is 0 Å². The van der Waals surface area contributed by atoms with Crippen LogP contribution in [0.4, 0.5) is 8.78 Å². The molecule has 1 aromatic carbocycles. The first-order valence-electron chi connectivity index (χ1n) is 5.55. The highest BCUT2D eigenvalue weighted by atomic mass is 19.3.